The minimum Gasteiger partial charge on any atom is -0.355 e. The molecule has 2 aromatic carbocycles. The monoisotopic (exact) mass is 299 g/mol. The van der Waals surface area contributed by atoms with E-state index in [4.69, 9.17) is 9.47 Å². The molecule has 2 aromatic rings. The molecule has 0 aromatic heterocycles. The Morgan fingerprint density at radius 1 is 1.00 bits per heavy atom. The van der Waals surface area contributed by atoms with Crippen LogP contribution in [0.5, 0.6) is 0 Å². The number of ether oxygens (including phenoxy) is 2. The lowest BCUT2D eigenvalue weighted by Gasteiger charge is -2.33. The lowest BCUT2D eigenvalue weighted by atomic mass is 9.93. The number of rotatable bonds is 6. The molecule has 116 valence electrons. The van der Waals surface area contributed by atoms with Gasteiger partial charge >= 0.3 is 0 Å². The van der Waals surface area contributed by atoms with E-state index in [-0.39, 0.29) is 5.91 Å². The lowest BCUT2D eigenvalue weighted by molar-refractivity contribution is -0.215. The third kappa shape index (κ3) is 3.18. The minimum atomic E-state index is -1.01. The van der Waals surface area contributed by atoms with Crippen LogP contribution in [0.15, 0.2) is 54.6 Å². The first-order valence-electron chi connectivity index (χ1n) is 7.12. The number of hydrogen-bond acceptors (Lipinski definition) is 3. The highest BCUT2D eigenvalue weighted by Gasteiger charge is 2.35. The van der Waals surface area contributed by atoms with Crippen LogP contribution in [0.4, 0.5) is 0 Å². The summed E-state index contributed by atoms with van der Waals surface area (Å²) >= 11 is 0. The SMILES string of the molecule is CNC(=O)c1ccccc1C(Cc1ccccc1)(OC)OC. The zero-order valence-corrected chi connectivity index (χ0v) is 13.1. The molecule has 1 amide bonds. The molecule has 22 heavy (non-hydrogen) atoms. The Kier molecular flexibility index (Phi) is 5.31. The van der Waals surface area contributed by atoms with Crippen molar-refractivity contribution in [2.75, 3.05) is 21.3 Å². The first-order chi connectivity index (χ1) is 10.7. The number of hydrogen-bond donors (Lipinski definition) is 1. The molecule has 0 heterocycles. The van der Waals surface area contributed by atoms with Gasteiger partial charge < -0.3 is 14.8 Å². The zero-order chi connectivity index (χ0) is 16.0. The molecule has 1 N–H and O–H groups in total. The highest BCUT2D eigenvalue weighted by Crippen LogP contribution is 2.32. The summed E-state index contributed by atoms with van der Waals surface area (Å²) in [6.07, 6.45) is 0.509. The number of amides is 1. The van der Waals surface area contributed by atoms with Crippen molar-refractivity contribution in [1.82, 2.24) is 5.32 Å². The number of nitrogens with one attached hydrogen (secondary N) is 1. The van der Waals surface area contributed by atoms with E-state index in [9.17, 15) is 4.79 Å². The topological polar surface area (TPSA) is 47.6 Å². The first-order valence-corrected chi connectivity index (χ1v) is 7.12. The molecule has 0 spiro atoms. The fourth-order valence-electron chi connectivity index (χ4n) is 2.56. The number of carbonyl (C=O) groups excluding carboxylic acids is 1. The van der Waals surface area contributed by atoms with Crippen LogP contribution in [-0.4, -0.2) is 27.2 Å². The largest absolute Gasteiger partial charge is 0.355 e. The molecular weight excluding hydrogens is 278 g/mol. The van der Waals surface area contributed by atoms with E-state index >= 15 is 0 Å². The van der Waals surface area contributed by atoms with E-state index in [0.717, 1.165) is 5.56 Å². The fourth-order valence-corrected chi connectivity index (χ4v) is 2.56. The Hall–Kier alpha value is -2.17. The lowest BCUT2D eigenvalue weighted by Crippen LogP contribution is -2.36. The van der Waals surface area contributed by atoms with Crippen molar-refractivity contribution in [2.45, 2.75) is 12.2 Å². The van der Waals surface area contributed by atoms with Crippen LogP contribution in [0.2, 0.25) is 0 Å². The standard InChI is InChI=1S/C18H21NO3/c1-19-17(20)15-11-7-8-12-16(15)18(21-2,22-3)13-14-9-5-4-6-10-14/h4-12H,13H2,1-3H3,(H,19,20). The van der Waals surface area contributed by atoms with E-state index < -0.39 is 5.79 Å². The van der Waals surface area contributed by atoms with Gasteiger partial charge in [-0.2, -0.15) is 0 Å². The predicted octanol–water partition coefficient (Wildman–Crippen LogP) is 2.73. The summed E-state index contributed by atoms with van der Waals surface area (Å²) in [7, 11) is 4.79. The van der Waals surface area contributed by atoms with Gasteiger partial charge in [0.05, 0.1) is 0 Å². The quantitative estimate of drug-likeness (QED) is 0.834. The maximum absolute atomic E-state index is 12.1. The average Bonchev–Trinajstić information content (AvgIpc) is 2.60. The van der Waals surface area contributed by atoms with Gasteiger partial charge in [-0.05, 0) is 11.6 Å². The second kappa shape index (κ2) is 7.20. The van der Waals surface area contributed by atoms with Gasteiger partial charge in [0, 0.05) is 38.8 Å². The van der Waals surface area contributed by atoms with Crippen molar-refractivity contribution in [3.05, 3.63) is 71.3 Å². The van der Waals surface area contributed by atoms with Gasteiger partial charge in [-0.25, -0.2) is 0 Å². The van der Waals surface area contributed by atoms with Gasteiger partial charge in [0.1, 0.15) is 0 Å². The Bertz CT molecular complexity index is 621. The normalized spacial score (nSPS) is 11.2. The maximum Gasteiger partial charge on any atom is 0.251 e. The molecule has 4 heteroatoms. The minimum absolute atomic E-state index is 0.165. The van der Waals surface area contributed by atoms with Crippen LogP contribution >= 0.6 is 0 Å². The highest BCUT2D eigenvalue weighted by atomic mass is 16.7. The summed E-state index contributed by atoms with van der Waals surface area (Å²) in [5.41, 5.74) is 2.32. The van der Waals surface area contributed by atoms with Gasteiger partial charge in [0.25, 0.3) is 5.91 Å². The second-order valence-electron chi connectivity index (χ2n) is 4.95. The molecule has 2 rings (SSSR count). The predicted molar refractivity (Wildman–Crippen MR) is 85.7 cm³/mol. The van der Waals surface area contributed by atoms with Crippen LogP contribution in [0.3, 0.4) is 0 Å². The number of benzene rings is 2. The smallest absolute Gasteiger partial charge is 0.251 e. The molecule has 0 radical (unpaired) electrons. The van der Waals surface area contributed by atoms with Crippen LogP contribution in [0, 0.1) is 0 Å². The van der Waals surface area contributed by atoms with Crippen molar-refractivity contribution < 1.29 is 14.3 Å². The maximum atomic E-state index is 12.1. The van der Waals surface area contributed by atoms with Gasteiger partial charge in [-0.1, -0.05) is 48.5 Å². The highest BCUT2D eigenvalue weighted by molar-refractivity contribution is 5.95. The van der Waals surface area contributed by atoms with E-state index in [0.29, 0.717) is 17.5 Å². The molecular formula is C18H21NO3. The van der Waals surface area contributed by atoms with Crippen LogP contribution in [0.1, 0.15) is 21.5 Å². The molecule has 0 aliphatic rings. The molecule has 0 aliphatic carbocycles. The van der Waals surface area contributed by atoms with Crippen LogP contribution < -0.4 is 5.32 Å². The molecule has 0 bridgehead atoms. The molecule has 0 atom stereocenters. The summed E-state index contributed by atoms with van der Waals surface area (Å²) in [6.45, 7) is 0. The van der Waals surface area contributed by atoms with Crippen molar-refractivity contribution in [1.29, 1.82) is 0 Å². The van der Waals surface area contributed by atoms with E-state index in [1.165, 1.54) is 0 Å². The zero-order valence-electron chi connectivity index (χ0n) is 13.1. The Morgan fingerprint density at radius 2 is 1.59 bits per heavy atom. The molecule has 4 nitrogen and oxygen atoms in total. The summed E-state index contributed by atoms with van der Waals surface area (Å²) in [5, 5.41) is 2.66. The van der Waals surface area contributed by atoms with Crippen molar-refractivity contribution in [3.8, 4) is 0 Å². The fraction of sp³-hybridized carbons (Fsp3) is 0.278. The average molecular weight is 299 g/mol. The van der Waals surface area contributed by atoms with E-state index in [2.05, 4.69) is 5.32 Å². The molecule has 0 unspecified atom stereocenters. The van der Waals surface area contributed by atoms with Gasteiger partial charge in [-0.15, -0.1) is 0 Å². The van der Waals surface area contributed by atoms with Gasteiger partial charge in [0.15, 0.2) is 5.79 Å². The molecule has 0 fully saturated rings. The number of carbonyl (C=O) groups is 1. The number of methoxy groups -OCH3 is 2. The summed E-state index contributed by atoms with van der Waals surface area (Å²) in [5.74, 6) is -1.17. The van der Waals surface area contributed by atoms with Crippen LogP contribution in [-0.2, 0) is 21.7 Å². The second-order valence-corrected chi connectivity index (χ2v) is 4.95. The van der Waals surface area contributed by atoms with Crippen LogP contribution in [0.25, 0.3) is 0 Å². The Labute approximate surface area is 131 Å². The van der Waals surface area contributed by atoms with E-state index in [1.54, 1.807) is 27.3 Å². The summed E-state index contributed by atoms with van der Waals surface area (Å²) < 4.78 is 11.4. The molecule has 0 aliphatic heterocycles. The molecule has 0 saturated heterocycles. The van der Waals surface area contributed by atoms with Crippen molar-refractivity contribution >= 4 is 5.91 Å². The Balaban J connectivity index is 2.50. The molecule has 0 saturated carbocycles. The third-order valence-electron chi connectivity index (χ3n) is 3.75. The van der Waals surface area contributed by atoms with E-state index in [1.807, 2.05) is 48.5 Å². The Morgan fingerprint density at radius 3 is 2.18 bits per heavy atom. The summed E-state index contributed by atoms with van der Waals surface area (Å²) in [4.78, 5) is 12.1. The van der Waals surface area contributed by atoms with Gasteiger partial charge in [-0.3, -0.25) is 4.79 Å². The van der Waals surface area contributed by atoms with Crippen molar-refractivity contribution in [3.63, 3.8) is 0 Å². The third-order valence-corrected chi connectivity index (χ3v) is 3.75. The van der Waals surface area contributed by atoms with Crippen molar-refractivity contribution in [2.24, 2.45) is 0 Å². The summed E-state index contributed by atoms with van der Waals surface area (Å²) in [6, 6.07) is 17.2. The first kappa shape index (κ1) is 16.2. The van der Waals surface area contributed by atoms with Gasteiger partial charge in [0.2, 0.25) is 0 Å².